The number of fused-ring (bicyclic) bond motifs is 1. The molecular weight excluding hydrogens is 490 g/mol. The number of hydrogen-bond acceptors (Lipinski definition) is 7. The van der Waals surface area contributed by atoms with Crippen molar-refractivity contribution in [2.24, 2.45) is 0 Å². The first-order valence-electron chi connectivity index (χ1n) is 11.6. The molecule has 37 heavy (non-hydrogen) atoms. The summed E-state index contributed by atoms with van der Waals surface area (Å²) in [5.41, 5.74) is 2.11. The highest BCUT2D eigenvalue weighted by Gasteiger charge is 2.22. The number of carbonyl (C=O) groups excluding carboxylic acids is 1. The van der Waals surface area contributed by atoms with Gasteiger partial charge in [-0.25, -0.2) is 0 Å². The number of nitrogens with zero attached hydrogens (tertiary/aromatic N) is 1. The van der Waals surface area contributed by atoms with Crippen LogP contribution < -0.4 is 14.2 Å². The average Bonchev–Trinajstić information content (AvgIpc) is 3.47. The van der Waals surface area contributed by atoms with Crippen LogP contribution in [0.15, 0.2) is 78.9 Å². The predicted octanol–water partition coefficient (Wildman–Crippen LogP) is 6.11. The van der Waals surface area contributed by atoms with Gasteiger partial charge in [-0.1, -0.05) is 0 Å². The third-order valence-corrected chi connectivity index (χ3v) is 7.31. The number of ketones is 1. The second-order valence-electron chi connectivity index (χ2n) is 8.30. The zero-order valence-electron chi connectivity index (χ0n) is 20.3. The first-order valence-corrected chi connectivity index (χ1v) is 12.4. The van der Waals surface area contributed by atoms with Crippen LogP contribution in [0.3, 0.4) is 0 Å². The van der Waals surface area contributed by atoms with E-state index in [1.807, 2.05) is 42.5 Å². The van der Waals surface area contributed by atoms with Gasteiger partial charge in [-0.2, -0.15) is 0 Å². The number of carbonyl (C=O) groups is 1. The van der Waals surface area contributed by atoms with Gasteiger partial charge >= 0.3 is 0 Å². The fraction of sp³-hybridized carbons (Fsp3) is 0.138. The standard InChI is InChI=1S/C29H25NO6S/c1-34-20-7-5-19(6-8-20)29-27(23-12-11-22(35-2)17-24(23)37-29)28(33)18-3-9-21(10-4-18)36-16-15-30-25(31)13-14-26(30)32/h3-14,17,31-32H,15-16H2,1-2H3. The molecule has 0 aliphatic rings. The topological polar surface area (TPSA) is 90.2 Å². The quantitative estimate of drug-likeness (QED) is 0.230. The molecule has 2 heterocycles. The van der Waals surface area contributed by atoms with Crippen LogP contribution >= 0.6 is 11.3 Å². The molecule has 0 unspecified atom stereocenters. The second kappa shape index (κ2) is 10.3. The molecule has 0 atom stereocenters. The van der Waals surface area contributed by atoms with Gasteiger partial charge in [-0.3, -0.25) is 9.36 Å². The van der Waals surface area contributed by atoms with E-state index in [2.05, 4.69) is 0 Å². The Labute approximate surface area is 217 Å². The van der Waals surface area contributed by atoms with Gasteiger partial charge in [0.15, 0.2) is 17.5 Å². The lowest BCUT2D eigenvalue weighted by Gasteiger charge is -2.10. The maximum atomic E-state index is 13.8. The van der Waals surface area contributed by atoms with Crippen LogP contribution in [-0.2, 0) is 6.54 Å². The van der Waals surface area contributed by atoms with Crippen molar-refractivity contribution in [2.45, 2.75) is 6.54 Å². The molecule has 0 amide bonds. The highest BCUT2D eigenvalue weighted by atomic mass is 32.1. The van der Waals surface area contributed by atoms with Crippen molar-refractivity contribution in [2.75, 3.05) is 20.8 Å². The van der Waals surface area contributed by atoms with Gasteiger partial charge in [0.25, 0.3) is 0 Å². The van der Waals surface area contributed by atoms with Gasteiger partial charge in [-0.05, 0) is 72.3 Å². The molecule has 0 aliphatic heterocycles. The Bertz CT molecular complexity index is 1530. The van der Waals surface area contributed by atoms with Crippen LogP contribution in [0.4, 0.5) is 0 Å². The van der Waals surface area contributed by atoms with Gasteiger partial charge in [-0.15, -0.1) is 11.3 Å². The van der Waals surface area contributed by atoms with Crippen molar-refractivity contribution < 1.29 is 29.2 Å². The van der Waals surface area contributed by atoms with Gasteiger partial charge in [0, 0.05) is 38.2 Å². The Morgan fingerprint density at radius 1 is 0.811 bits per heavy atom. The Hall–Kier alpha value is -4.43. The van der Waals surface area contributed by atoms with Crippen LogP contribution in [0.1, 0.15) is 15.9 Å². The molecule has 8 heteroatoms. The number of benzene rings is 3. The summed E-state index contributed by atoms with van der Waals surface area (Å²) in [6, 6.07) is 23.2. The maximum Gasteiger partial charge on any atom is 0.195 e. The van der Waals surface area contributed by atoms with E-state index in [0.717, 1.165) is 32.0 Å². The zero-order valence-corrected chi connectivity index (χ0v) is 21.1. The largest absolute Gasteiger partial charge is 0.497 e. The molecule has 0 fully saturated rings. The summed E-state index contributed by atoms with van der Waals surface area (Å²) in [5.74, 6) is 1.91. The minimum absolute atomic E-state index is 0.0321. The van der Waals surface area contributed by atoms with Crippen molar-refractivity contribution in [3.63, 3.8) is 0 Å². The van der Waals surface area contributed by atoms with Gasteiger partial charge in [0.05, 0.1) is 20.8 Å². The Morgan fingerprint density at radius 2 is 1.43 bits per heavy atom. The lowest BCUT2D eigenvalue weighted by molar-refractivity contribution is 0.104. The van der Waals surface area contributed by atoms with E-state index >= 15 is 0 Å². The van der Waals surface area contributed by atoms with Crippen LogP contribution in [0, 0.1) is 0 Å². The van der Waals surface area contributed by atoms with E-state index in [1.54, 1.807) is 49.8 Å². The van der Waals surface area contributed by atoms with Crippen molar-refractivity contribution in [1.29, 1.82) is 0 Å². The summed E-state index contributed by atoms with van der Waals surface area (Å²) in [6.07, 6.45) is 0. The van der Waals surface area contributed by atoms with Crippen molar-refractivity contribution >= 4 is 27.2 Å². The number of rotatable bonds is 9. The average molecular weight is 516 g/mol. The summed E-state index contributed by atoms with van der Waals surface area (Å²) >= 11 is 1.55. The van der Waals surface area contributed by atoms with E-state index in [-0.39, 0.29) is 30.7 Å². The van der Waals surface area contributed by atoms with Crippen LogP contribution in [0.5, 0.6) is 29.0 Å². The molecule has 0 aliphatic carbocycles. The Morgan fingerprint density at radius 3 is 2.08 bits per heavy atom. The summed E-state index contributed by atoms with van der Waals surface area (Å²) in [7, 11) is 3.25. The molecule has 0 saturated carbocycles. The number of hydrogen-bond donors (Lipinski definition) is 2. The molecule has 2 aromatic heterocycles. The molecule has 3 aromatic carbocycles. The number of thiophene rings is 1. The molecular formula is C29H25NO6S. The molecule has 0 spiro atoms. The van der Waals surface area contributed by atoms with Gasteiger partial charge < -0.3 is 24.4 Å². The summed E-state index contributed by atoms with van der Waals surface area (Å²) in [5, 5.41) is 20.4. The maximum absolute atomic E-state index is 13.8. The molecule has 7 nitrogen and oxygen atoms in total. The van der Waals surface area contributed by atoms with E-state index in [9.17, 15) is 15.0 Å². The Kier molecular flexibility index (Phi) is 6.74. The number of methoxy groups -OCH3 is 2. The number of ether oxygens (including phenoxy) is 3. The minimum atomic E-state index is -0.0871. The summed E-state index contributed by atoms with van der Waals surface area (Å²) < 4.78 is 18.7. The zero-order chi connectivity index (χ0) is 25.9. The smallest absolute Gasteiger partial charge is 0.195 e. The fourth-order valence-corrected chi connectivity index (χ4v) is 5.39. The monoisotopic (exact) mass is 515 g/mol. The summed E-state index contributed by atoms with van der Waals surface area (Å²) in [4.78, 5) is 14.7. The van der Waals surface area contributed by atoms with E-state index in [0.29, 0.717) is 16.9 Å². The Balaban J connectivity index is 1.42. The van der Waals surface area contributed by atoms with Crippen molar-refractivity contribution in [3.8, 4) is 39.4 Å². The molecule has 0 radical (unpaired) electrons. The first-order chi connectivity index (χ1) is 18.0. The van der Waals surface area contributed by atoms with E-state index in [1.165, 1.54) is 16.7 Å². The molecule has 2 N–H and O–H groups in total. The molecule has 5 rings (SSSR count). The van der Waals surface area contributed by atoms with Crippen molar-refractivity contribution in [1.82, 2.24) is 4.57 Å². The van der Waals surface area contributed by atoms with Crippen LogP contribution in [0.2, 0.25) is 0 Å². The molecule has 188 valence electrons. The summed E-state index contributed by atoms with van der Waals surface area (Å²) in [6.45, 7) is 0.517. The third-order valence-electron chi connectivity index (χ3n) is 6.11. The fourth-order valence-electron chi connectivity index (χ4n) is 4.15. The van der Waals surface area contributed by atoms with Crippen LogP contribution in [-0.4, -0.2) is 41.4 Å². The predicted molar refractivity (Wildman–Crippen MR) is 143 cm³/mol. The second-order valence-corrected chi connectivity index (χ2v) is 9.35. The van der Waals surface area contributed by atoms with E-state index < -0.39 is 0 Å². The third kappa shape index (κ3) is 4.83. The minimum Gasteiger partial charge on any atom is -0.497 e. The lowest BCUT2D eigenvalue weighted by atomic mass is 9.97. The molecule has 5 aromatic rings. The van der Waals surface area contributed by atoms with Gasteiger partial charge in [0.1, 0.15) is 23.9 Å². The highest BCUT2D eigenvalue weighted by Crippen LogP contribution is 2.41. The SMILES string of the molecule is COc1ccc(-c2sc3cc(OC)ccc3c2C(=O)c2ccc(OCCn3c(O)ccc3O)cc2)cc1. The number of aromatic hydroxyl groups is 2. The normalized spacial score (nSPS) is 11.0. The van der Waals surface area contributed by atoms with Gasteiger partial charge in [0.2, 0.25) is 0 Å². The molecule has 0 saturated heterocycles. The number of aromatic nitrogens is 1. The van der Waals surface area contributed by atoms with E-state index in [4.69, 9.17) is 14.2 Å². The lowest BCUT2D eigenvalue weighted by Crippen LogP contribution is -2.07. The first kappa shape index (κ1) is 24.3. The molecule has 0 bridgehead atoms. The van der Waals surface area contributed by atoms with Crippen molar-refractivity contribution in [3.05, 3.63) is 90.0 Å². The van der Waals surface area contributed by atoms with Crippen LogP contribution in [0.25, 0.3) is 20.5 Å². The highest BCUT2D eigenvalue weighted by molar-refractivity contribution is 7.22.